The summed E-state index contributed by atoms with van der Waals surface area (Å²) in [6.45, 7) is 6.25. The van der Waals surface area contributed by atoms with E-state index in [1.165, 1.54) is 0 Å². The van der Waals surface area contributed by atoms with Crippen molar-refractivity contribution in [3.8, 4) is 0 Å². The topological polar surface area (TPSA) is 54.2 Å². The predicted molar refractivity (Wildman–Crippen MR) is 77.2 cm³/mol. The average Bonchev–Trinajstić information content (AvgIpc) is 2.30. The number of hydrogen-bond donors (Lipinski definition) is 2. The van der Waals surface area contributed by atoms with E-state index in [1.807, 2.05) is 6.07 Å². The molecule has 3 N–H and O–H groups in total. The summed E-state index contributed by atoms with van der Waals surface area (Å²) in [5.41, 5.74) is 6.53. The van der Waals surface area contributed by atoms with Gasteiger partial charge in [-0.25, -0.2) is 4.98 Å². The molecule has 0 fully saturated rings. The third-order valence-electron chi connectivity index (χ3n) is 2.98. The van der Waals surface area contributed by atoms with Crippen molar-refractivity contribution >= 4 is 27.4 Å². The molecule has 17 heavy (non-hydrogen) atoms. The summed E-state index contributed by atoms with van der Waals surface area (Å²) in [7, 11) is 2.13. The summed E-state index contributed by atoms with van der Waals surface area (Å²) >= 11 is 3.34. The van der Waals surface area contributed by atoms with Gasteiger partial charge in [0.1, 0.15) is 5.82 Å². The van der Waals surface area contributed by atoms with Crippen molar-refractivity contribution in [1.82, 2.24) is 9.88 Å². The van der Waals surface area contributed by atoms with Crippen LogP contribution in [0.2, 0.25) is 0 Å². The fourth-order valence-corrected chi connectivity index (χ4v) is 1.83. The highest BCUT2D eigenvalue weighted by molar-refractivity contribution is 9.10. The molecule has 1 atom stereocenters. The van der Waals surface area contributed by atoms with Crippen LogP contribution in [-0.4, -0.2) is 36.1 Å². The number of nitrogens with two attached hydrogens (primary N) is 1. The van der Waals surface area contributed by atoms with Crippen molar-refractivity contribution in [3.05, 3.63) is 16.7 Å². The van der Waals surface area contributed by atoms with Gasteiger partial charge in [0.15, 0.2) is 0 Å². The van der Waals surface area contributed by atoms with E-state index in [0.717, 1.165) is 29.8 Å². The second kappa shape index (κ2) is 6.81. The molecule has 4 nitrogen and oxygen atoms in total. The van der Waals surface area contributed by atoms with Crippen LogP contribution in [0.5, 0.6) is 0 Å². The molecular formula is C12H21BrN4. The number of pyridine rings is 1. The number of aromatic nitrogens is 1. The zero-order chi connectivity index (χ0) is 12.8. The van der Waals surface area contributed by atoms with Crippen LogP contribution in [0.15, 0.2) is 16.7 Å². The molecule has 1 aromatic heterocycles. The van der Waals surface area contributed by atoms with Crippen LogP contribution in [-0.2, 0) is 0 Å². The number of rotatable bonds is 6. The van der Waals surface area contributed by atoms with Crippen molar-refractivity contribution in [3.63, 3.8) is 0 Å². The first-order valence-corrected chi connectivity index (χ1v) is 6.69. The lowest BCUT2D eigenvalue weighted by atomic mass is 10.2. The molecule has 0 saturated heterocycles. The molecule has 5 heteroatoms. The summed E-state index contributed by atoms with van der Waals surface area (Å²) in [6, 6.07) is 2.46. The lowest BCUT2D eigenvalue weighted by Crippen LogP contribution is -2.32. The Hall–Kier alpha value is -0.810. The van der Waals surface area contributed by atoms with Gasteiger partial charge >= 0.3 is 0 Å². The molecule has 1 unspecified atom stereocenters. The van der Waals surface area contributed by atoms with Gasteiger partial charge in [-0.15, -0.1) is 0 Å². The first kappa shape index (κ1) is 14.3. The maximum absolute atomic E-state index is 5.86. The lowest BCUT2D eigenvalue weighted by molar-refractivity contribution is 0.261. The highest BCUT2D eigenvalue weighted by Gasteiger charge is 2.06. The molecule has 0 saturated carbocycles. The van der Waals surface area contributed by atoms with E-state index < -0.39 is 0 Å². The molecule has 0 aromatic carbocycles. The molecule has 0 aliphatic rings. The van der Waals surface area contributed by atoms with Crippen LogP contribution >= 0.6 is 15.9 Å². The summed E-state index contributed by atoms with van der Waals surface area (Å²) in [6.07, 6.45) is 2.91. The largest absolute Gasteiger partial charge is 0.396 e. The summed E-state index contributed by atoms with van der Waals surface area (Å²) in [5, 5.41) is 3.25. The van der Waals surface area contributed by atoms with Crippen molar-refractivity contribution in [2.45, 2.75) is 26.3 Å². The Bertz CT molecular complexity index is 356. The molecule has 0 aliphatic carbocycles. The number of halogens is 1. The highest BCUT2D eigenvalue weighted by Crippen LogP contribution is 2.19. The molecule has 0 spiro atoms. The Morgan fingerprint density at radius 3 is 2.88 bits per heavy atom. The van der Waals surface area contributed by atoms with Crippen LogP contribution in [0.1, 0.15) is 20.3 Å². The quantitative estimate of drug-likeness (QED) is 0.848. The number of likely N-dealkylation sites (N-methyl/N-ethyl adjacent to an activating group) is 1. The number of nitrogens with one attached hydrogen (secondary N) is 1. The Kier molecular flexibility index (Phi) is 5.71. The maximum atomic E-state index is 5.86. The normalized spacial score (nSPS) is 12.8. The van der Waals surface area contributed by atoms with Gasteiger partial charge in [-0.3, -0.25) is 0 Å². The van der Waals surface area contributed by atoms with Crippen LogP contribution < -0.4 is 11.1 Å². The van der Waals surface area contributed by atoms with E-state index in [-0.39, 0.29) is 0 Å². The summed E-state index contributed by atoms with van der Waals surface area (Å²) in [5.74, 6) is 0.755. The van der Waals surface area contributed by atoms with Crippen LogP contribution in [0.3, 0.4) is 0 Å². The smallest absolute Gasteiger partial charge is 0.149 e. The number of nitrogens with zero attached hydrogens (tertiary/aromatic N) is 2. The minimum atomic E-state index is 0.604. The second-order valence-electron chi connectivity index (χ2n) is 4.26. The van der Waals surface area contributed by atoms with E-state index in [9.17, 15) is 0 Å². The minimum absolute atomic E-state index is 0.604. The van der Waals surface area contributed by atoms with Crippen molar-refractivity contribution < 1.29 is 0 Å². The minimum Gasteiger partial charge on any atom is -0.396 e. The molecule has 96 valence electrons. The third kappa shape index (κ3) is 4.52. The third-order valence-corrected chi connectivity index (χ3v) is 3.42. The standard InChI is InChI=1S/C12H21BrN4/c1-4-9(2)17(3)6-5-15-12-11(14)7-10(13)8-16-12/h7-9H,4-6,14H2,1-3H3,(H,15,16). The van der Waals surface area contributed by atoms with E-state index in [2.05, 4.69) is 52.0 Å². The van der Waals surface area contributed by atoms with Crippen molar-refractivity contribution in [1.29, 1.82) is 0 Å². The fourth-order valence-electron chi connectivity index (χ4n) is 1.49. The van der Waals surface area contributed by atoms with Crippen molar-refractivity contribution in [2.24, 2.45) is 0 Å². The van der Waals surface area contributed by atoms with E-state index in [0.29, 0.717) is 11.7 Å². The Balaban J connectivity index is 2.40. The first-order valence-electron chi connectivity index (χ1n) is 5.89. The zero-order valence-electron chi connectivity index (χ0n) is 10.7. The van der Waals surface area contributed by atoms with Crippen LogP contribution in [0.25, 0.3) is 0 Å². The fraction of sp³-hybridized carbons (Fsp3) is 0.583. The molecular weight excluding hydrogens is 280 g/mol. The van der Waals surface area contributed by atoms with Gasteiger partial charge < -0.3 is 16.0 Å². The van der Waals surface area contributed by atoms with E-state index in [1.54, 1.807) is 6.20 Å². The van der Waals surface area contributed by atoms with Gasteiger partial charge in [0, 0.05) is 29.8 Å². The van der Waals surface area contributed by atoms with E-state index >= 15 is 0 Å². The number of nitrogen functional groups attached to an aromatic ring is 1. The Morgan fingerprint density at radius 1 is 1.59 bits per heavy atom. The lowest BCUT2D eigenvalue weighted by Gasteiger charge is -2.23. The zero-order valence-corrected chi connectivity index (χ0v) is 12.3. The van der Waals surface area contributed by atoms with Gasteiger partial charge in [0.25, 0.3) is 0 Å². The Morgan fingerprint density at radius 2 is 2.29 bits per heavy atom. The molecule has 0 aliphatic heterocycles. The maximum Gasteiger partial charge on any atom is 0.149 e. The number of anilines is 2. The highest BCUT2D eigenvalue weighted by atomic mass is 79.9. The van der Waals surface area contributed by atoms with Gasteiger partial charge in [-0.2, -0.15) is 0 Å². The monoisotopic (exact) mass is 300 g/mol. The number of hydrogen-bond acceptors (Lipinski definition) is 4. The van der Waals surface area contributed by atoms with Gasteiger partial charge in [-0.1, -0.05) is 6.92 Å². The van der Waals surface area contributed by atoms with E-state index in [4.69, 9.17) is 5.73 Å². The SMILES string of the molecule is CCC(C)N(C)CCNc1ncc(Br)cc1N. The molecule has 1 rings (SSSR count). The molecule has 1 heterocycles. The first-order chi connectivity index (χ1) is 8.04. The van der Waals surface area contributed by atoms with Gasteiger partial charge in [0.2, 0.25) is 0 Å². The van der Waals surface area contributed by atoms with Crippen LogP contribution in [0, 0.1) is 0 Å². The molecule has 0 bridgehead atoms. The van der Waals surface area contributed by atoms with Gasteiger partial charge in [-0.05, 0) is 42.4 Å². The predicted octanol–water partition coefficient (Wildman–Crippen LogP) is 2.57. The molecule has 0 radical (unpaired) electrons. The molecule has 1 aromatic rings. The Labute approximate surface area is 112 Å². The summed E-state index contributed by atoms with van der Waals surface area (Å²) in [4.78, 5) is 6.56. The van der Waals surface area contributed by atoms with Gasteiger partial charge in [0.05, 0.1) is 5.69 Å². The summed E-state index contributed by atoms with van der Waals surface area (Å²) < 4.78 is 0.900. The van der Waals surface area contributed by atoms with Crippen molar-refractivity contribution in [2.75, 3.05) is 31.2 Å². The van der Waals surface area contributed by atoms with Crippen LogP contribution in [0.4, 0.5) is 11.5 Å². The average molecular weight is 301 g/mol. The second-order valence-corrected chi connectivity index (χ2v) is 5.17. The molecule has 0 amide bonds.